The average Bonchev–Trinajstić information content (AvgIpc) is 2.59. The van der Waals surface area contributed by atoms with Gasteiger partial charge in [0.15, 0.2) is 0 Å². The molecule has 150 valence electrons. The van der Waals surface area contributed by atoms with Crippen LogP contribution in [0.1, 0.15) is 25.7 Å². The van der Waals surface area contributed by atoms with Crippen molar-refractivity contribution >= 4 is 41.8 Å². The molecule has 10 heteroatoms. The second-order valence-electron chi connectivity index (χ2n) is 5.80. The summed E-state index contributed by atoms with van der Waals surface area (Å²) in [4.78, 5) is 45.2. The minimum atomic E-state index is -1.27. The highest BCUT2D eigenvalue weighted by atomic mass is 35.5. The molecule has 0 saturated heterocycles. The average molecular weight is 402 g/mol. The van der Waals surface area contributed by atoms with Crippen molar-refractivity contribution in [2.24, 2.45) is 11.7 Å². The van der Waals surface area contributed by atoms with Gasteiger partial charge in [0.05, 0.1) is 12.5 Å². The van der Waals surface area contributed by atoms with Crippen LogP contribution in [0.5, 0.6) is 0 Å². The molecule has 0 aliphatic rings. The number of amides is 2. The molecule has 0 bridgehead atoms. The maximum atomic E-state index is 11.7. The summed E-state index contributed by atoms with van der Waals surface area (Å²) in [6.07, 6.45) is 0.200. The van der Waals surface area contributed by atoms with E-state index in [1.54, 1.807) is 24.3 Å². The number of carbonyl (C=O) groups is 4. The molecule has 1 rings (SSSR count). The van der Waals surface area contributed by atoms with E-state index in [2.05, 4.69) is 10.6 Å². The number of anilines is 1. The second-order valence-corrected chi connectivity index (χ2v) is 5.80. The quantitative estimate of drug-likeness (QED) is 0.367. The number of carboxylic acids is 2. The fraction of sp³-hybridized carbons (Fsp3) is 0.412. The monoisotopic (exact) mass is 401 g/mol. The first kappa shape index (κ1) is 24.4. The van der Waals surface area contributed by atoms with Gasteiger partial charge in [0, 0.05) is 12.1 Å². The number of nitrogens with two attached hydrogens (primary N) is 1. The van der Waals surface area contributed by atoms with Crippen LogP contribution in [0, 0.1) is 5.92 Å². The summed E-state index contributed by atoms with van der Waals surface area (Å²) in [5, 5.41) is 22.9. The van der Waals surface area contributed by atoms with Crippen molar-refractivity contribution in [1.29, 1.82) is 0 Å². The molecule has 0 fully saturated rings. The third-order valence-electron chi connectivity index (χ3n) is 3.66. The SMILES string of the molecule is Cl.N[C@@H](CC(CCCC(=O)NCC(=O)Nc1ccccc1)C(=O)O)C(=O)O. The van der Waals surface area contributed by atoms with Crippen molar-refractivity contribution in [2.75, 3.05) is 11.9 Å². The van der Waals surface area contributed by atoms with Crippen molar-refractivity contribution in [3.05, 3.63) is 30.3 Å². The summed E-state index contributed by atoms with van der Waals surface area (Å²) >= 11 is 0. The number of para-hydroxylation sites is 1. The van der Waals surface area contributed by atoms with Crippen molar-refractivity contribution in [3.63, 3.8) is 0 Å². The predicted octanol–water partition coefficient (Wildman–Crippen LogP) is 0.836. The highest BCUT2D eigenvalue weighted by Crippen LogP contribution is 2.15. The van der Waals surface area contributed by atoms with Gasteiger partial charge in [-0.25, -0.2) is 0 Å². The van der Waals surface area contributed by atoms with Crippen molar-refractivity contribution in [3.8, 4) is 0 Å². The van der Waals surface area contributed by atoms with Crippen molar-refractivity contribution in [2.45, 2.75) is 31.7 Å². The standard InChI is InChI=1S/C17H23N3O6.ClH/c18-13(17(25)26)9-11(16(23)24)5-4-8-14(21)19-10-15(22)20-12-6-2-1-3-7-12;/h1-3,6-7,11,13H,4-5,8-10,18H2,(H,19,21)(H,20,22)(H,23,24)(H,25,26);1H/t11?,13-;/m0./s1. The molecule has 1 unspecified atom stereocenters. The van der Waals surface area contributed by atoms with Crippen molar-refractivity contribution < 1.29 is 29.4 Å². The van der Waals surface area contributed by atoms with E-state index >= 15 is 0 Å². The summed E-state index contributed by atoms with van der Waals surface area (Å²) in [7, 11) is 0. The minimum absolute atomic E-state index is 0. The summed E-state index contributed by atoms with van der Waals surface area (Å²) in [6, 6.07) is 7.52. The van der Waals surface area contributed by atoms with E-state index < -0.39 is 23.9 Å². The minimum Gasteiger partial charge on any atom is -0.481 e. The zero-order valence-corrected chi connectivity index (χ0v) is 15.4. The van der Waals surface area contributed by atoms with Crippen LogP contribution in [0.15, 0.2) is 30.3 Å². The molecule has 1 aromatic carbocycles. The van der Waals surface area contributed by atoms with Crippen molar-refractivity contribution in [1.82, 2.24) is 5.32 Å². The van der Waals surface area contributed by atoms with Gasteiger partial charge >= 0.3 is 11.9 Å². The van der Waals surface area contributed by atoms with E-state index in [4.69, 9.17) is 15.9 Å². The summed E-state index contributed by atoms with van der Waals surface area (Å²) in [5.74, 6) is -4.11. The number of rotatable bonds is 11. The first-order valence-corrected chi connectivity index (χ1v) is 8.12. The Morgan fingerprint density at radius 1 is 1.00 bits per heavy atom. The molecule has 0 saturated carbocycles. The molecule has 0 aliphatic heterocycles. The normalized spacial score (nSPS) is 12.2. The lowest BCUT2D eigenvalue weighted by Crippen LogP contribution is -2.35. The first-order chi connectivity index (χ1) is 12.3. The van der Waals surface area contributed by atoms with Crippen LogP contribution in [0.3, 0.4) is 0 Å². The van der Waals surface area contributed by atoms with Gasteiger partial charge in [-0.2, -0.15) is 0 Å². The molecule has 0 aliphatic carbocycles. The molecule has 0 radical (unpaired) electrons. The molecule has 2 amide bonds. The maximum absolute atomic E-state index is 11.7. The highest BCUT2D eigenvalue weighted by molar-refractivity contribution is 5.94. The molecule has 6 N–H and O–H groups in total. The largest absolute Gasteiger partial charge is 0.481 e. The first-order valence-electron chi connectivity index (χ1n) is 8.12. The van der Waals surface area contributed by atoms with Crippen LogP contribution < -0.4 is 16.4 Å². The molecule has 0 heterocycles. The van der Waals surface area contributed by atoms with Gasteiger partial charge in [0.2, 0.25) is 11.8 Å². The number of hydrogen-bond acceptors (Lipinski definition) is 5. The maximum Gasteiger partial charge on any atom is 0.320 e. The van der Waals surface area contributed by atoms with Crippen LogP contribution in [0.4, 0.5) is 5.69 Å². The van der Waals surface area contributed by atoms with Gasteiger partial charge in [0.1, 0.15) is 6.04 Å². The topological polar surface area (TPSA) is 159 Å². The van der Waals surface area contributed by atoms with E-state index in [0.29, 0.717) is 5.69 Å². The Bertz CT molecular complexity index is 641. The number of carboxylic acid groups (broad SMARTS) is 2. The molecule has 1 aromatic rings. The second kappa shape index (κ2) is 12.7. The van der Waals surface area contributed by atoms with Gasteiger partial charge in [0.25, 0.3) is 0 Å². The highest BCUT2D eigenvalue weighted by Gasteiger charge is 2.24. The fourth-order valence-corrected chi connectivity index (χ4v) is 2.25. The summed E-state index contributed by atoms with van der Waals surface area (Å²) < 4.78 is 0. The molecule has 9 nitrogen and oxygen atoms in total. The summed E-state index contributed by atoms with van der Waals surface area (Å²) in [5.41, 5.74) is 5.96. The number of benzene rings is 1. The van der Waals surface area contributed by atoms with E-state index in [0.717, 1.165) is 0 Å². The molecular formula is C17H24ClN3O6. The smallest absolute Gasteiger partial charge is 0.320 e. The Balaban J connectivity index is 0.00000676. The Morgan fingerprint density at radius 2 is 1.63 bits per heavy atom. The van der Waals surface area contributed by atoms with Gasteiger partial charge < -0.3 is 26.6 Å². The van der Waals surface area contributed by atoms with Gasteiger partial charge in [-0.3, -0.25) is 19.2 Å². The lowest BCUT2D eigenvalue weighted by molar-refractivity contribution is -0.144. The Kier molecular flexibility index (Phi) is 11.4. The number of aliphatic carboxylic acids is 2. The number of halogens is 1. The van der Waals surface area contributed by atoms with Gasteiger partial charge in [-0.05, 0) is 31.4 Å². The Morgan fingerprint density at radius 3 is 2.19 bits per heavy atom. The van der Waals surface area contributed by atoms with E-state index in [1.807, 2.05) is 6.07 Å². The molecular weight excluding hydrogens is 378 g/mol. The number of carbonyl (C=O) groups excluding carboxylic acids is 2. The number of nitrogens with one attached hydrogen (secondary N) is 2. The lowest BCUT2D eigenvalue weighted by atomic mass is 9.94. The van der Waals surface area contributed by atoms with E-state index in [-0.39, 0.29) is 56.4 Å². The Hall–Kier alpha value is -2.65. The summed E-state index contributed by atoms with van der Waals surface area (Å²) in [6.45, 7) is -0.194. The Labute approximate surface area is 162 Å². The third kappa shape index (κ3) is 10.2. The third-order valence-corrected chi connectivity index (χ3v) is 3.66. The molecule has 27 heavy (non-hydrogen) atoms. The fourth-order valence-electron chi connectivity index (χ4n) is 2.25. The van der Waals surface area contributed by atoms with Crippen LogP contribution >= 0.6 is 12.4 Å². The molecule has 2 atom stereocenters. The van der Waals surface area contributed by atoms with E-state index in [1.165, 1.54) is 0 Å². The van der Waals surface area contributed by atoms with Crippen LogP contribution in [-0.2, 0) is 19.2 Å². The predicted molar refractivity (Wildman–Crippen MR) is 101 cm³/mol. The van der Waals surface area contributed by atoms with E-state index in [9.17, 15) is 19.2 Å². The van der Waals surface area contributed by atoms with Crippen LogP contribution in [0.2, 0.25) is 0 Å². The zero-order chi connectivity index (χ0) is 19.5. The number of hydrogen-bond donors (Lipinski definition) is 5. The molecule has 0 spiro atoms. The van der Waals surface area contributed by atoms with Gasteiger partial charge in [-0.15, -0.1) is 12.4 Å². The van der Waals surface area contributed by atoms with Crippen LogP contribution in [-0.4, -0.2) is 46.6 Å². The lowest BCUT2D eigenvalue weighted by Gasteiger charge is -2.14. The van der Waals surface area contributed by atoms with Crippen LogP contribution in [0.25, 0.3) is 0 Å². The van der Waals surface area contributed by atoms with Gasteiger partial charge in [-0.1, -0.05) is 18.2 Å². The molecule has 0 aromatic heterocycles. The zero-order valence-electron chi connectivity index (χ0n) is 14.6.